The zero-order valence-electron chi connectivity index (χ0n) is 12.8. The Morgan fingerprint density at radius 3 is 2.47 bits per heavy atom. The standard InChI is InChI=1S/C16H28N2S/c1-5-12-6-8-13(9-7-12)17-10-15-18-14(11-19-15)16(2,3)4/h11-13,17H,5-10H2,1-4H3. The van der Waals surface area contributed by atoms with Gasteiger partial charge in [0.1, 0.15) is 5.01 Å². The predicted molar refractivity (Wildman–Crippen MR) is 83.7 cm³/mol. The van der Waals surface area contributed by atoms with Crippen molar-refractivity contribution in [1.29, 1.82) is 0 Å². The first kappa shape index (κ1) is 15.0. The summed E-state index contributed by atoms with van der Waals surface area (Å²) < 4.78 is 0. The minimum atomic E-state index is 0.175. The molecule has 0 aromatic carbocycles. The topological polar surface area (TPSA) is 24.9 Å². The van der Waals surface area contributed by atoms with Crippen LogP contribution < -0.4 is 5.32 Å². The summed E-state index contributed by atoms with van der Waals surface area (Å²) in [6.07, 6.45) is 6.85. The van der Waals surface area contributed by atoms with Crippen molar-refractivity contribution in [3.63, 3.8) is 0 Å². The van der Waals surface area contributed by atoms with Crippen LogP contribution in [0, 0.1) is 5.92 Å². The van der Waals surface area contributed by atoms with E-state index < -0.39 is 0 Å². The van der Waals surface area contributed by atoms with E-state index >= 15 is 0 Å². The van der Waals surface area contributed by atoms with Crippen molar-refractivity contribution in [1.82, 2.24) is 10.3 Å². The van der Waals surface area contributed by atoms with Crippen molar-refractivity contribution >= 4 is 11.3 Å². The van der Waals surface area contributed by atoms with E-state index in [-0.39, 0.29) is 5.41 Å². The van der Waals surface area contributed by atoms with Gasteiger partial charge in [-0.05, 0) is 31.6 Å². The molecule has 19 heavy (non-hydrogen) atoms. The first-order valence-corrected chi connectivity index (χ1v) is 8.55. The lowest BCUT2D eigenvalue weighted by atomic mass is 9.84. The van der Waals surface area contributed by atoms with Crippen LogP contribution in [0.2, 0.25) is 0 Å². The third-order valence-electron chi connectivity index (χ3n) is 4.29. The van der Waals surface area contributed by atoms with Gasteiger partial charge in [-0.15, -0.1) is 11.3 Å². The largest absolute Gasteiger partial charge is 0.308 e. The first-order chi connectivity index (χ1) is 8.99. The molecule has 0 atom stereocenters. The minimum absolute atomic E-state index is 0.175. The van der Waals surface area contributed by atoms with Crippen LogP contribution in [0.3, 0.4) is 0 Å². The monoisotopic (exact) mass is 280 g/mol. The molecule has 0 amide bonds. The van der Waals surface area contributed by atoms with E-state index in [0.29, 0.717) is 6.04 Å². The molecule has 0 spiro atoms. The Balaban J connectivity index is 1.78. The highest BCUT2D eigenvalue weighted by atomic mass is 32.1. The Bertz CT molecular complexity index is 384. The summed E-state index contributed by atoms with van der Waals surface area (Å²) in [4.78, 5) is 4.75. The highest BCUT2D eigenvalue weighted by Gasteiger charge is 2.20. The van der Waals surface area contributed by atoms with Crippen molar-refractivity contribution in [3.05, 3.63) is 16.1 Å². The molecular formula is C16H28N2S. The van der Waals surface area contributed by atoms with Crippen LogP contribution in [0.4, 0.5) is 0 Å². The van der Waals surface area contributed by atoms with Crippen molar-refractivity contribution in [2.45, 2.75) is 77.8 Å². The summed E-state index contributed by atoms with van der Waals surface area (Å²) in [5.41, 5.74) is 1.40. The summed E-state index contributed by atoms with van der Waals surface area (Å²) >= 11 is 1.80. The molecule has 1 aliphatic carbocycles. The number of thiazole rings is 1. The van der Waals surface area contributed by atoms with Crippen molar-refractivity contribution in [2.75, 3.05) is 0 Å². The van der Waals surface area contributed by atoms with E-state index in [1.165, 1.54) is 42.8 Å². The lowest BCUT2D eigenvalue weighted by molar-refractivity contribution is 0.285. The maximum Gasteiger partial charge on any atom is 0.107 e. The molecule has 1 aliphatic rings. The fraction of sp³-hybridized carbons (Fsp3) is 0.812. The van der Waals surface area contributed by atoms with Gasteiger partial charge in [-0.2, -0.15) is 0 Å². The highest BCUT2D eigenvalue weighted by Crippen LogP contribution is 2.27. The SMILES string of the molecule is CCC1CCC(NCc2nc(C(C)(C)C)cs2)CC1. The first-order valence-electron chi connectivity index (χ1n) is 7.67. The van der Waals surface area contributed by atoms with Gasteiger partial charge in [-0.25, -0.2) is 4.98 Å². The van der Waals surface area contributed by atoms with Crippen LogP contribution >= 0.6 is 11.3 Å². The van der Waals surface area contributed by atoms with Gasteiger partial charge in [0.25, 0.3) is 0 Å². The normalized spacial score (nSPS) is 24.6. The van der Waals surface area contributed by atoms with Gasteiger partial charge in [-0.1, -0.05) is 34.1 Å². The molecule has 2 rings (SSSR count). The second-order valence-electron chi connectivity index (χ2n) is 6.88. The molecule has 108 valence electrons. The Labute approximate surface area is 122 Å². The quantitative estimate of drug-likeness (QED) is 0.878. The van der Waals surface area contributed by atoms with Crippen molar-refractivity contribution in [3.8, 4) is 0 Å². The molecule has 1 aromatic rings. The molecule has 3 heteroatoms. The van der Waals surface area contributed by atoms with Crippen molar-refractivity contribution in [2.24, 2.45) is 5.92 Å². The molecule has 0 radical (unpaired) electrons. The summed E-state index contributed by atoms with van der Waals surface area (Å²) in [5.74, 6) is 0.977. The molecule has 0 saturated heterocycles. The lowest BCUT2D eigenvalue weighted by Crippen LogP contribution is -2.32. The van der Waals surface area contributed by atoms with Gasteiger partial charge in [0.05, 0.1) is 5.69 Å². The molecule has 0 unspecified atom stereocenters. The smallest absolute Gasteiger partial charge is 0.107 e. The lowest BCUT2D eigenvalue weighted by Gasteiger charge is -2.28. The Morgan fingerprint density at radius 1 is 1.26 bits per heavy atom. The fourth-order valence-corrected chi connectivity index (χ4v) is 3.71. The minimum Gasteiger partial charge on any atom is -0.308 e. The van der Waals surface area contributed by atoms with Gasteiger partial charge in [0, 0.05) is 23.4 Å². The van der Waals surface area contributed by atoms with Crippen LogP contribution in [0.15, 0.2) is 5.38 Å². The molecule has 0 bridgehead atoms. The number of hydrogen-bond donors (Lipinski definition) is 1. The third-order valence-corrected chi connectivity index (χ3v) is 5.14. The molecule has 0 aliphatic heterocycles. The fourth-order valence-electron chi connectivity index (χ4n) is 2.74. The molecule has 1 saturated carbocycles. The Morgan fingerprint density at radius 2 is 1.95 bits per heavy atom. The number of nitrogens with zero attached hydrogens (tertiary/aromatic N) is 1. The highest BCUT2D eigenvalue weighted by molar-refractivity contribution is 7.09. The van der Waals surface area contributed by atoms with Gasteiger partial charge < -0.3 is 5.32 Å². The summed E-state index contributed by atoms with van der Waals surface area (Å²) in [5, 5.41) is 7.15. The third kappa shape index (κ3) is 4.28. The average molecular weight is 280 g/mol. The van der Waals surface area contributed by atoms with Gasteiger partial charge in [-0.3, -0.25) is 0 Å². The maximum absolute atomic E-state index is 4.75. The van der Waals surface area contributed by atoms with Gasteiger partial charge in [0.15, 0.2) is 0 Å². The van der Waals surface area contributed by atoms with Crippen molar-refractivity contribution < 1.29 is 0 Å². The number of nitrogens with one attached hydrogen (secondary N) is 1. The van der Waals surface area contributed by atoms with E-state index in [9.17, 15) is 0 Å². The van der Waals surface area contributed by atoms with E-state index in [1.54, 1.807) is 11.3 Å². The second kappa shape index (κ2) is 6.36. The van der Waals surface area contributed by atoms with E-state index in [2.05, 4.69) is 38.4 Å². The Hall–Kier alpha value is -0.410. The van der Waals surface area contributed by atoms with Crippen LogP contribution in [0.5, 0.6) is 0 Å². The zero-order valence-corrected chi connectivity index (χ0v) is 13.6. The van der Waals surface area contributed by atoms with E-state index in [1.807, 2.05) is 0 Å². The summed E-state index contributed by atoms with van der Waals surface area (Å²) in [7, 11) is 0. The maximum atomic E-state index is 4.75. The molecule has 2 nitrogen and oxygen atoms in total. The molecular weight excluding hydrogens is 252 g/mol. The number of hydrogen-bond acceptors (Lipinski definition) is 3. The van der Waals surface area contributed by atoms with E-state index in [4.69, 9.17) is 4.98 Å². The average Bonchev–Trinajstić information content (AvgIpc) is 2.86. The molecule has 1 fully saturated rings. The molecule has 1 aromatic heterocycles. The second-order valence-corrected chi connectivity index (χ2v) is 7.83. The van der Waals surface area contributed by atoms with Gasteiger partial charge in [0.2, 0.25) is 0 Å². The number of rotatable bonds is 4. The molecule has 1 N–H and O–H groups in total. The zero-order chi connectivity index (χ0) is 13.9. The van der Waals surface area contributed by atoms with Crippen LogP contribution in [0.25, 0.3) is 0 Å². The van der Waals surface area contributed by atoms with Crippen LogP contribution in [-0.2, 0) is 12.0 Å². The predicted octanol–water partition coefficient (Wildman–Crippen LogP) is 4.50. The summed E-state index contributed by atoms with van der Waals surface area (Å²) in [6, 6.07) is 0.713. The molecule has 1 heterocycles. The van der Waals surface area contributed by atoms with Crippen LogP contribution in [-0.4, -0.2) is 11.0 Å². The summed E-state index contributed by atoms with van der Waals surface area (Å²) in [6.45, 7) is 9.95. The van der Waals surface area contributed by atoms with Gasteiger partial charge >= 0.3 is 0 Å². The van der Waals surface area contributed by atoms with E-state index in [0.717, 1.165) is 12.5 Å². The van der Waals surface area contributed by atoms with Crippen LogP contribution in [0.1, 0.15) is 70.5 Å². The number of aromatic nitrogens is 1. The Kier molecular flexibility index (Phi) is 5.02.